The molecule has 0 aliphatic carbocycles. The minimum atomic E-state index is -0.386. The number of piperazine rings is 1. The van der Waals surface area contributed by atoms with Crippen molar-refractivity contribution in [3.05, 3.63) is 64.6 Å². The molecule has 0 unspecified atom stereocenters. The quantitative estimate of drug-likeness (QED) is 0.778. The van der Waals surface area contributed by atoms with E-state index < -0.39 is 0 Å². The average molecular weight is 337 g/mol. The molecule has 1 fully saturated rings. The summed E-state index contributed by atoms with van der Waals surface area (Å²) >= 11 is 0. The van der Waals surface area contributed by atoms with Crippen molar-refractivity contribution < 1.29 is 4.42 Å². The molecule has 1 aromatic heterocycles. The summed E-state index contributed by atoms with van der Waals surface area (Å²) in [5.74, 6) is -0.386. The summed E-state index contributed by atoms with van der Waals surface area (Å²) in [5.41, 5.74) is 3.96. The standard InChI is InChI=1S/C20H23N3O2/c24-20-21-18-9-8-16(15-19(18)25-20)5-4-10-22-11-13-23(14-12-22)17-6-2-1-3-7-17/h1-3,6-9,15H,4-5,10-14H2,(H,21,24). The summed E-state index contributed by atoms with van der Waals surface area (Å²) in [6.07, 6.45) is 2.12. The number of rotatable bonds is 5. The molecule has 5 nitrogen and oxygen atoms in total. The summed E-state index contributed by atoms with van der Waals surface area (Å²) in [5, 5.41) is 0. The van der Waals surface area contributed by atoms with Gasteiger partial charge in [-0.25, -0.2) is 4.79 Å². The van der Waals surface area contributed by atoms with E-state index in [4.69, 9.17) is 4.42 Å². The fraction of sp³-hybridized carbons (Fsp3) is 0.350. The van der Waals surface area contributed by atoms with Gasteiger partial charge in [0, 0.05) is 31.9 Å². The Labute approximate surface area is 146 Å². The smallest absolute Gasteiger partial charge is 0.408 e. The van der Waals surface area contributed by atoms with Crippen LogP contribution in [0.3, 0.4) is 0 Å². The van der Waals surface area contributed by atoms with Crippen molar-refractivity contribution in [2.75, 3.05) is 37.6 Å². The monoisotopic (exact) mass is 337 g/mol. The zero-order chi connectivity index (χ0) is 17.1. The Balaban J connectivity index is 1.26. The first-order chi connectivity index (χ1) is 12.3. The lowest BCUT2D eigenvalue weighted by molar-refractivity contribution is 0.255. The van der Waals surface area contributed by atoms with Crippen LogP contribution >= 0.6 is 0 Å². The third-order valence-corrected chi connectivity index (χ3v) is 4.92. The van der Waals surface area contributed by atoms with Gasteiger partial charge < -0.3 is 9.32 Å². The molecular formula is C20H23N3O2. The highest BCUT2D eigenvalue weighted by Gasteiger charge is 2.16. The number of hydrogen-bond donors (Lipinski definition) is 1. The number of aryl methyl sites for hydroxylation is 1. The van der Waals surface area contributed by atoms with E-state index >= 15 is 0 Å². The minimum Gasteiger partial charge on any atom is -0.408 e. The van der Waals surface area contributed by atoms with Crippen molar-refractivity contribution in [1.29, 1.82) is 0 Å². The van der Waals surface area contributed by atoms with E-state index in [1.807, 2.05) is 12.1 Å². The molecule has 0 bridgehead atoms. The number of aromatic amines is 1. The van der Waals surface area contributed by atoms with Crippen molar-refractivity contribution in [1.82, 2.24) is 9.88 Å². The zero-order valence-electron chi connectivity index (χ0n) is 14.3. The molecule has 1 saturated heterocycles. The van der Waals surface area contributed by atoms with Crippen molar-refractivity contribution in [2.45, 2.75) is 12.8 Å². The Bertz CT molecular complexity index is 877. The number of oxazole rings is 1. The first-order valence-corrected chi connectivity index (χ1v) is 8.92. The first-order valence-electron chi connectivity index (χ1n) is 8.92. The maximum absolute atomic E-state index is 11.2. The Kier molecular flexibility index (Phi) is 4.57. The average Bonchev–Trinajstić information content (AvgIpc) is 3.02. The normalized spacial score (nSPS) is 15.8. The third-order valence-electron chi connectivity index (χ3n) is 4.92. The summed E-state index contributed by atoms with van der Waals surface area (Å²) in [7, 11) is 0. The van der Waals surface area contributed by atoms with Gasteiger partial charge in [0.05, 0.1) is 5.52 Å². The lowest BCUT2D eigenvalue weighted by Crippen LogP contribution is -2.46. The van der Waals surface area contributed by atoms with Gasteiger partial charge in [-0.1, -0.05) is 24.3 Å². The number of para-hydroxylation sites is 1. The number of nitrogens with one attached hydrogen (secondary N) is 1. The van der Waals surface area contributed by atoms with E-state index in [-0.39, 0.29) is 5.76 Å². The van der Waals surface area contributed by atoms with Crippen LogP contribution in [0.1, 0.15) is 12.0 Å². The fourth-order valence-corrected chi connectivity index (χ4v) is 3.52. The second-order valence-electron chi connectivity index (χ2n) is 6.61. The number of nitrogens with zero attached hydrogens (tertiary/aromatic N) is 2. The summed E-state index contributed by atoms with van der Waals surface area (Å²) in [6, 6.07) is 16.6. The lowest BCUT2D eigenvalue weighted by Gasteiger charge is -2.36. The highest BCUT2D eigenvalue weighted by Crippen LogP contribution is 2.17. The van der Waals surface area contributed by atoms with E-state index in [2.05, 4.69) is 51.2 Å². The van der Waals surface area contributed by atoms with Gasteiger partial charge in [0.2, 0.25) is 0 Å². The molecule has 1 aliphatic heterocycles. The summed E-state index contributed by atoms with van der Waals surface area (Å²) < 4.78 is 5.13. The van der Waals surface area contributed by atoms with Gasteiger partial charge in [0.15, 0.2) is 5.58 Å². The molecule has 2 heterocycles. The molecule has 0 atom stereocenters. The predicted octanol–water partition coefficient (Wildman–Crippen LogP) is 2.88. The van der Waals surface area contributed by atoms with Crippen LogP contribution in [0, 0.1) is 0 Å². The van der Waals surface area contributed by atoms with Crippen molar-refractivity contribution in [2.24, 2.45) is 0 Å². The molecule has 1 aliphatic rings. The number of aromatic nitrogens is 1. The van der Waals surface area contributed by atoms with Crippen LogP contribution in [0.2, 0.25) is 0 Å². The topological polar surface area (TPSA) is 52.5 Å². The van der Waals surface area contributed by atoms with Crippen molar-refractivity contribution in [3.63, 3.8) is 0 Å². The van der Waals surface area contributed by atoms with E-state index in [1.165, 1.54) is 11.3 Å². The molecule has 5 heteroatoms. The highest BCUT2D eigenvalue weighted by molar-refractivity contribution is 5.72. The van der Waals surface area contributed by atoms with E-state index in [0.717, 1.165) is 51.1 Å². The minimum absolute atomic E-state index is 0.386. The summed E-state index contributed by atoms with van der Waals surface area (Å²) in [6.45, 7) is 5.51. The number of H-pyrrole nitrogens is 1. The van der Waals surface area contributed by atoms with Crippen LogP contribution in [0.25, 0.3) is 11.1 Å². The van der Waals surface area contributed by atoms with Gasteiger partial charge >= 0.3 is 5.76 Å². The molecule has 3 aromatic rings. The second kappa shape index (κ2) is 7.15. The Morgan fingerprint density at radius 1 is 1.00 bits per heavy atom. The van der Waals surface area contributed by atoms with Crippen molar-refractivity contribution >= 4 is 16.8 Å². The second-order valence-corrected chi connectivity index (χ2v) is 6.61. The van der Waals surface area contributed by atoms with Crippen LogP contribution in [-0.2, 0) is 6.42 Å². The zero-order valence-corrected chi connectivity index (χ0v) is 14.3. The molecule has 0 spiro atoms. The molecular weight excluding hydrogens is 314 g/mol. The molecule has 4 rings (SSSR count). The first kappa shape index (κ1) is 16.0. The maximum atomic E-state index is 11.2. The van der Waals surface area contributed by atoms with Crippen LogP contribution in [-0.4, -0.2) is 42.6 Å². The number of benzene rings is 2. The van der Waals surface area contributed by atoms with Crippen molar-refractivity contribution in [3.8, 4) is 0 Å². The van der Waals surface area contributed by atoms with Crippen LogP contribution in [0.5, 0.6) is 0 Å². The molecule has 25 heavy (non-hydrogen) atoms. The molecule has 0 amide bonds. The molecule has 2 aromatic carbocycles. The largest absolute Gasteiger partial charge is 0.417 e. The van der Waals surface area contributed by atoms with E-state index in [0.29, 0.717) is 5.58 Å². The molecule has 1 N–H and O–H groups in total. The van der Waals surface area contributed by atoms with Gasteiger partial charge in [-0.05, 0) is 49.2 Å². The number of hydrogen-bond acceptors (Lipinski definition) is 4. The van der Waals surface area contributed by atoms with E-state index in [1.54, 1.807) is 0 Å². The Morgan fingerprint density at radius 2 is 1.80 bits per heavy atom. The van der Waals surface area contributed by atoms with Gasteiger partial charge in [-0.2, -0.15) is 0 Å². The van der Waals surface area contributed by atoms with Gasteiger partial charge in [-0.3, -0.25) is 9.88 Å². The maximum Gasteiger partial charge on any atom is 0.417 e. The molecule has 0 radical (unpaired) electrons. The third kappa shape index (κ3) is 3.77. The van der Waals surface area contributed by atoms with E-state index in [9.17, 15) is 4.79 Å². The van der Waals surface area contributed by atoms with Gasteiger partial charge in [0.1, 0.15) is 0 Å². The van der Waals surface area contributed by atoms with Crippen LogP contribution in [0.4, 0.5) is 5.69 Å². The van der Waals surface area contributed by atoms with Gasteiger partial charge in [-0.15, -0.1) is 0 Å². The number of anilines is 1. The number of fused-ring (bicyclic) bond motifs is 1. The SMILES string of the molecule is O=c1[nH]c2ccc(CCCN3CCN(c4ccccc4)CC3)cc2o1. The Morgan fingerprint density at radius 3 is 2.60 bits per heavy atom. The van der Waals surface area contributed by atoms with Crippen LogP contribution < -0.4 is 10.7 Å². The fourth-order valence-electron chi connectivity index (χ4n) is 3.52. The lowest BCUT2D eigenvalue weighted by atomic mass is 10.1. The molecule has 0 saturated carbocycles. The Hall–Kier alpha value is -2.53. The predicted molar refractivity (Wildman–Crippen MR) is 100 cm³/mol. The highest BCUT2D eigenvalue weighted by atomic mass is 16.4. The summed E-state index contributed by atoms with van der Waals surface area (Å²) in [4.78, 5) is 18.9. The van der Waals surface area contributed by atoms with Crippen LogP contribution in [0.15, 0.2) is 57.7 Å². The molecule has 130 valence electrons. The van der Waals surface area contributed by atoms with Gasteiger partial charge in [0.25, 0.3) is 0 Å².